The fourth-order valence-corrected chi connectivity index (χ4v) is 2.70. The number of nitrogens with zero attached hydrogens (tertiary/aromatic N) is 1. The summed E-state index contributed by atoms with van der Waals surface area (Å²) in [5, 5.41) is 0.710. The normalized spacial score (nSPS) is 10.3. The maximum atomic E-state index is 12.1. The third-order valence-electron chi connectivity index (χ3n) is 2.86. The number of halogens is 1. The first-order valence-electron chi connectivity index (χ1n) is 6.31. The van der Waals surface area contributed by atoms with Gasteiger partial charge in [-0.15, -0.1) is 11.8 Å². The number of benzene rings is 2. The second kappa shape index (κ2) is 7.36. The average Bonchev–Trinajstić information content (AvgIpc) is 2.47. The summed E-state index contributed by atoms with van der Waals surface area (Å²) in [5.41, 5.74) is 1.14. The van der Waals surface area contributed by atoms with Gasteiger partial charge in [0.1, 0.15) is 0 Å². The van der Waals surface area contributed by atoms with E-state index < -0.39 is 0 Å². The van der Waals surface area contributed by atoms with Crippen molar-refractivity contribution in [2.75, 3.05) is 12.8 Å². The topological polar surface area (TPSA) is 20.3 Å². The number of hydrogen-bond acceptors (Lipinski definition) is 2. The van der Waals surface area contributed by atoms with Gasteiger partial charge < -0.3 is 4.90 Å². The van der Waals surface area contributed by atoms with Gasteiger partial charge in [0.2, 0.25) is 5.91 Å². The van der Waals surface area contributed by atoms with Crippen molar-refractivity contribution < 1.29 is 4.79 Å². The minimum Gasteiger partial charge on any atom is -0.341 e. The molecular formula is C16H16ClNOS. The second-order valence-electron chi connectivity index (χ2n) is 4.48. The van der Waals surface area contributed by atoms with Crippen LogP contribution in [0.25, 0.3) is 0 Å². The van der Waals surface area contributed by atoms with Gasteiger partial charge in [0.25, 0.3) is 0 Å². The van der Waals surface area contributed by atoms with E-state index in [1.807, 2.05) is 61.6 Å². The van der Waals surface area contributed by atoms with E-state index in [2.05, 4.69) is 0 Å². The number of thioether (sulfide) groups is 1. The largest absolute Gasteiger partial charge is 0.341 e. The predicted octanol–water partition coefficient (Wildman–Crippen LogP) is 4.09. The number of rotatable bonds is 5. The molecule has 0 radical (unpaired) electrons. The fourth-order valence-electron chi connectivity index (χ4n) is 1.73. The third-order valence-corrected chi connectivity index (χ3v) is 4.11. The van der Waals surface area contributed by atoms with E-state index in [0.29, 0.717) is 17.3 Å². The second-order valence-corrected chi connectivity index (χ2v) is 5.96. The van der Waals surface area contributed by atoms with E-state index in [1.165, 1.54) is 11.8 Å². The van der Waals surface area contributed by atoms with Gasteiger partial charge in [0.05, 0.1) is 5.75 Å². The maximum Gasteiger partial charge on any atom is 0.232 e. The molecule has 20 heavy (non-hydrogen) atoms. The lowest BCUT2D eigenvalue weighted by Crippen LogP contribution is -2.27. The summed E-state index contributed by atoms with van der Waals surface area (Å²) in [7, 11) is 1.83. The molecule has 0 fully saturated rings. The Balaban J connectivity index is 1.83. The lowest BCUT2D eigenvalue weighted by molar-refractivity contribution is -0.127. The molecule has 4 heteroatoms. The van der Waals surface area contributed by atoms with Crippen LogP contribution in [0.15, 0.2) is 59.5 Å². The number of carbonyl (C=O) groups excluding carboxylic acids is 1. The van der Waals surface area contributed by atoms with Crippen molar-refractivity contribution in [2.45, 2.75) is 11.4 Å². The van der Waals surface area contributed by atoms with Gasteiger partial charge >= 0.3 is 0 Å². The summed E-state index contributed by atoms with van der Waals surface area (Å²) in [6.45, 7) is 0.640. The Morgan fingerprint density at radius 3 is 2.40 bits per heavy atom. The Labute approximate surface area is 128 Å². The van der Waals surface area contributed by atoms with Gasteiger partial charge in [-0.25, -0.2) is 0 Å². The number of carbonyl (C=O) groups is 1. The van der Waals surface area contributed by atoms with Crippen LogP contribution in [0.2, 0.25) is 5.02 Å². The van der Waals surface area contributed by atoms with Crippen LogP contribution < -0.4 is 0 Å². The van der Waals surface area contributed by atoms with E-state index in [1.54, 1.807) is 4.90 Å². The van der Waals surface area contributed by atoms with E-state index >= 15 is 0 Å². The molecule has 2 aromatic carbocycles. The van der Waals surface area contributed by atoms with Crippen molar-refractivity contribution in [3.8, 4) is 0 Å². The smallest absolute Gasteiger partial charge is 0.232 e. The van der Waals surface area contributed by atoms with Crippen molar-refractivity contribution >= 4 is 29.3 Å². The summed E-state index contributed by atoms with van der Waals surface area (Å²) in [4.78, 5) is 14.9. The molecule has 0 saturated carbocycles. The summed E-state index contributed by atoms with van der Waals surface area (Å²) >= 11 is 7.36. The van der Waals surface area contributed by atoms with Crippen molar-refractivity contribution in [1.82, 2.24) is 4.90 Å². The standard InChI is InChI=1S/C16H16ClNOS/c1-18(11-13-5-3-2-4-6-13)16(19)12-20-15-9-7-14(17)8-10-15/h2-10H,11-12H2,1H3. The lowest BCUT2D eigenvalue weighted by atomic mass is 10.2. The van der Waals surface area contributed by atoms with Crippen LogP contribution in [-0.2, 0) is 11.3 Å². The Kier molecular flexibility index (Phi) is 5.50. The highest BCUT2D eigenvalue weighted by Gasteiger charge is 2.09. The third kappa shape index (κ3) is 4.58. The molecule has 0 aliphatic carbocycles. The molecule has 1 amide bonds. The highest BCUT2D eigenvalue weighted by molar-refractivity contribution is 8.00. The van der Waals surface area contributed by atoms with E-state index in [9.17, 15) is 4.79 Å². The average molecular weight is 306 g/mol. The summed E-state index contributed by atoms with van der Waals surface area (Å²) < 4.78 is 0. The quantitative estimate of drug-likeness (QED) is 0.775. The monoisotopic (exact) mass is 305 g/mol. The van der Waals surface area contributed by atoms with Crippen molar-refractivity contribution in [3.63, 3.8) is 0 Å². The molecule has 2 rings (SSSR count). The molecule has 2 aromatic rings. The fraction of sp³-hybridized carbons (Fsp3) is 0.188. The summed E-state index contributed by atoms with van der Waals surface area (Å²) in [6, 6.07) is 17.5. The van der Waals surface area contributed by atoms with Gasteiger partial charge in [0.15, 0.2) is 0 Å². The molecule has 0 aromatic heterocycles. The first-order chi connectivity index (χ1) is 9.65. The molecular weight excluding hydrogens is 290 g/mol. The van der Waals surface area contributed by atoms with Crippen LogP contribution in [0.5, 0.6) is 0 Å². The molecule has 0 aliphatic heterocycles. The molecule has 0 atom stereocenters. The highest BCUT2D eigenvalue weighted by atomic mass is 35.5. The Morgan fingerprint density at radius 2 is 1.75 bits per heavy atom. The van der Waals surface area contributed by atoms with Gasteiger partial charge in [0, 0.05) is 23.5 Å². The van der Waals surface area contributed by atoms with Crippen LogP contribution in [-0.4, -0.2) is 23.6 Å². The van der Waals surface area contributed by atoms with Crippen LogP contribution in [0, 0.1) is 0 Å². The first kappa shape index (κ1) is 14.9. The van der Waals surface area contributed by atoms with Crippen LogP contribution >= 0.6 is 23.4 Å². The zero-order valence-corrected chi connectivity index (χ0v) is 12.8. The molecule has 0 spiro atoms. The van der Waals surface area contributed by atoms with Gasteiger partial charge in [-0.2, -0.15) is 0 Å². The van der Waals surface area contributed by atoms with Gasteiger partial charge in [-0.1, -0.05) is 41.9 Å². The zero-order valence-electron chi connectivity index (χ0n) is 11.3. The van der Waals surface area contributed by atoms with E-state index in [0.717, 1.165) is 10.5 Å². The Morgan fingerprint density at radius 1 is 1.10 bits per heavy atom. The molecule has 2 nitrogen and oxygen atoms in total. The molecule has 104 valence electrons. The van der Waals surface area contributed by atoms with Gasteiger partial charge in [-0.05, 0) is 29.8 Å². The van der Waals surface area contributed by atoms with Crippen LogP contribution in [0.1, 0.15) is 5.56 Å². The minimum atomic E-state index is 0.119. The summed E-state index contributed by atoms with van der Waals surface area (Å²) in [6.07, 6.45) is 0. The maximum absolute atomic E-state index is 12.1. The van der Waals surface area contributed by atoms with Gasteiger partial charge in [-0.3, -0.25) is 4.79 Å². The minimum absolute atomic E-state index is 0.119. The molecule has 0 N–H and O–H groups in total. The molecule has 0 unspecified atom stereocenters. The zero-order chi connectivity index (χ0) is 14.4. The highest BCUT2D eigenvalue weighted by Crippen LogP contribution is 2.20. The Bertz CT molecular complexity index is 556. The van der Waals surface area contributed by atoms with E-state index in [-0.39, 0.29) is 5.91 Å². The van der Waals surface area contributed by atoms with E-state index in [4.69, 9.17) is 11.6 Å². The molecule has 0 heterocycles. The number of amides is 1. The molecule has 0 bridgehead atoms. The van der Waals surface area contributed by atoms with Crippen molar-refractivity contribution in [1.29, 1.82) is 0 Å². The lowest BCUT2D eigenvalue weighted by Gasteiger charge is -2.17. The van der Waals surface area contributed by atoms with Crippen molar-refractivity contribution in [3.05, 3.63) is 65.2 Å². The SMILES string of the molecule is CN(Cc1ccccc1)C(=O)CSc1ccc(Cl)cc1. The number of hydrogen-bond donors (Lipinski definition) is 0. The predicted molar refractivity (Wildman–Crippen MR) is 85.1 cm³/mol. The first-order valence-corrected chi connectivity index (χ1v) is 7.68. The van der Waals surface area contributed by atoms with Crippen molar-refractivity contribution in [2.24, 2.45) is 0 Å². The van der Waals surface area contributed by atoms with Crippen LogP contribution in [0.3, 0.4) is 0 Å². The molecule has 0 saturated heterocycles. The summed E-state index contributed by atoms with van der Waals surface area (Å²) in [5.74, 6) is 0.555. The molecule has 0 aliphatic rings. The van der Waals surface area contributed by atoms with Crippen LogP contribution in [0.4, 0.5) is 0 Å². The Hall–Kier alpha value is -1.45.